The highest BCUT2D eigenvalue weighted by Gasteiger charge is 2.58. The summed E-state index contributed by atoms with van der Waals surface area (Å²) in [4.78, 5) is 0. The van der Waals surface area contributed by atoms with E-state index >= 15 is 0 Å². The zero-order chi connectivity index (χ0) is 71.4. The predicted molar refractivity (Wildman–Crippen MR) is 328 cm³/mol. The maximum absolute atomic E-state index is 12.9. The molecule has 12 nitrogen and oxygen atoms in total. The minimum absolute atomic E-state index is 0.0173. The maximum Gasteiger partial charge on any atom is 0.428 e. The number of ether oxygens (including phenoxy) is 6. The van der Waals surface area contributed by atoms with Crippen molar-refractivity contribution in [2.24, 2.45) is 34.4 Å². The van der Waals surface area contributed by atoms with Crippen molar-refractivity contribution in [1.29, 1.82) is 0 Å². The number of rotatable bonds is 4. The first kappa shape index (κ1) is 76.1. The molecule has 12 N–H and O–H groups in total. The normalized spacial score (nSPS) is 29.1. The van der Waals surface area contributed by atoms with Crippen molar-refractivity contribution >= 4 is 0 Å². The van der Waals surface area contributed by atoms with E-state index < -0.39 is 120 Å². The summed E-state index contributed by atoms with van der Waals surface area (Å²) in [5.41, 5.74) is 29.3. The van der Waals surface area contributed by atoms with Crippen LogP contribution >= 0.6 is 0 Å². The van der Waals surface area contributed by atoms with Crippen LogP contribution in [0.25, 0.3) is 0 Å². The van der Waals surface area contributed by atoms with Gasteiger partial charge < -0.3 is 62.8 Å². The largest absolute Gasteiger partial charge is 0.484 e. The molecule has 28 heteroatoms. The van der Waals surface area contributed by atoms with Gasteiger partial charge in [0.05, 0.1) is 11.1 Å². The van der Waals surface area contributed by atoms with E-state index in [1.165, 1.54) is 38.1 Å². The Hall–Kier alpha value is -7.24. The van der Waals surface area contributed by atoms with Crippen molar-refractivity contribution < 1.29 is 98.7 Å². The molecule has 6 heterocycles. The van der Waals surface area contributed by atoms with Crippen molar-refractivity contribution in [2.45, 2.75) is 175 Å². The van der Waals surface area contributed by atoms with E-state index in [-0.39, 0.29) is 60.8 Å². The molecule has 0 fully saturated rings. The molecule has 6 aliphatic heterocycles. The van der Waals surface area contributed by atoms with Crippen LogP contribution in [0.4, 0.5) is 70.2 Å². The topological polar surface area (TPSA) is 212 Å². The molecule has 6 aromatic carbocycles. The second-order valence-electron chi connectivity index (χ2n) is 25.9. The Labute approximate surface area is 545 Å². The summed E-state index contributed by atoms with van der Waals surface area (Å²) in [6, 6.07) is 31.9. The predicted octanol–water partition coefficient (Wildman–Crippen LogP) is 16.4. The standard InChI is InChI=1S/2C12H13F4NO.2C11H12F3NO.2C11H14FNO/c2*1-11(6-13)5-9(17)8-3-2-7(12(14,15)16)4-10(8)18-11;2*1-10(11(12,13)14)6-8(15)7-4-2-3-5-9(7)16-10;2*1-11(7-12)6-9(13)8-4-2-3-5-10(8)14-11/h2*2-4,9H,5-6,17H2,1H3;2*2-5,8H,6,15H2,1H3;2*2-5,9H,6-7,13H2,1H3/t9-,11+;9-,11-;8-,10+;8-,10-;9-,11+;9-,11-/m111111/s1. The van der Waals surface area contributed by atoms with Crippen LogP contribution in [0.15, 0.2) is 133 Å². The molecule has 0 unspecified atom stereocenters. The first-order valence-corrected chi connectivity index (χ1v) is 30.3. The van der Waals surface area contributed by atoms with Gasteiger partial charge in [0, 0.05) is 108 Å². The van der Waals surface area contributed by atoms with Gasteiger partial charge in [0.2, 0.25) is 11.2 Å². The fourth-order valence-electron chi connectivity index (χ4n) is 11.6. The summed E-state index contributed by atoms with van der Waals surface area (Å²) >= 11 is 0. The van der Waals surface area contributed by atoms with Gasteiger partial charge in [0.1, 0.15) is 83.6 Å². The molecule has 0 aromatic heterocycles. The van der Waals surface area contributed by atoms with Gasteiger partial charge >= 0.3 is 24.7 Å². The third kappa shape index (κ3) is 17.9. The summed E-state index contributed by atoms with van der Waals surface area (Å²) in [5, 5.41) is 0. The van der Waals surface area contributed by atoms with Crippen molar-refractivity contribution in [3.05, 3.63) is 178 Å². The van der Waals surface area contributed by atoms with Crippen molar-refractivity contribution in [2.75, 3.05) is 26.7 Å². The number of hydrogen-bond acceptors (Lipinski definition) is 12. The molecular weight excluding hydrogens is 1300 g/mol. The molecule has 528 valence electrons. The van der Waals surface area contributed by atoms with Crippen LogP contribution in [0.3, 0.4) is 0 Å². The molecule has 6 aliphatic rings. The molecule has 12 atom stereocenters. The maximum atomic E-state index is 12.9. The highest BCUT2D eigenvalue weighted by molar-refractivity contribution is 5.46. The third-order valence-corrected chi connectivity index (χ3v) is 17.0. The van der Waals surface area contributed by atoms with Crippen LogP contribution in [0.5, 0.6) is 34.5 Å². The summed E-state index contributed by atoms with van der Waals surface area (Å²) in [7, 11) is 0. The SMILES string of the molecule is C[C@@]1(C(F)(F)F)C[C@@H](N)c2ccccc2O1.C[C@@]1(CF)C[C@@H](N)c2ccc(C(F)(F)F)cc2O1.C[C@@]1(CF)C[C@@H](N)c2ccccc2O1.C[C@]1(C(F)(F)F)C[C@@H](N)c2ccccc2O1.C[C@]1(CF)C[C@@H](N)c2ccc(C(F)(F)F)cc2O1.C[C@]1(CF)C[C@@H](N)c2ccccc2O1. The van der Waals surface area contributed by atoms with E-state index in [0.717, 1.165) is 49.2 Å². The lowest BCUT2D eigenvalue weighted by Crippen LogP contribution is -2.51. The molecule has 0 bridgehead atoms. The molecule has 0 aliphatic carbocycles. The average molecular weight is 1380 g/mol. The highest BCUT2D eigenvalue weighted by atomic mass is 19.4. The quantitative estimate of drug-likeness (QED) is 0.0911. The van der Waals surface area contributed by atoms with E-state index in [2.05, 4.69) is 0 Å². The molecule has 96 heavy (non-hydrogen) atoms. The van der Waals surface area contributed by atoms with E-state index in [4.69, 9.17) is 62.8 Å². The monoisotopic (exact) mass is 1380 g/mol. The van der Waals surface area contributed by atoms with Crippen LogP contribution < -0.4 is 62.8 Å². The minimum atomic E-state index is -4.45. The summed E-state index contributed by atoms with van der Waals surface area (Å²) in [5.74, 6) is 1.91. The van der Waals surface area contributed by atoms with Crippen LogP contribution in [0.1, 0.15) is 161 Å². The van der Waals surface area contributed by atoms with Gasteiger partial charge in [-0.05, 0) is 90.1 Å². The molecule has 0 saturated carbocycles. The fourth-order valence-corrected chi connectivity index (χ4v) is 11.6. The van der Waals surface area contributed by atoms with Gasteiger partial charge in [-0.1, -0.05) is 84.9 Å². The van der Waals surface area contributed by atoms with E-state index in [1.807, 2.05) is 48.5 Å². The minimum Gasteiger partial charge on any atom is -0.484 e. The smallest absolute Gasteiger partial charge is 0.428 e. The highest BCUT2D eigenvalue weighted by Crippen LogP contribution is 2.49. The fraction of sp³-hybridized carbons (Fsp3) is 0.471. The first-order chi connectivity index (χ1) is 44.5. The molecule has 0 saturated heterocycles. The van der Waals surface area contributed by atoms with E-state index in [9.17, 15) is 70.2 Å². The van der Waals surface area contributed by atoms with Gasteiger partial charge in [-0.3, -0.25) is 0 Å². The average Bonchev–Trinajstić information content (AvgIpc) is 0.792. The number of alkyl halides is 16. The summed E-state index contributed by atoms with van der Waals surface area (Å²) in [6.45, 7) is 5.96. The number of hydrogen-bond donors (Lipinski definition) is 6. The lowest BCUT2D eigenvalue weighted by atomic mass is 9.88. The lowest BCUT2D eigenvalue weighted by molar-refractivity contribution is -0.249. The van der Waals surface area contributed by atoms with Crippen LogP contribution in [-0.4, -0.2) is 72.7 Å². The number of benzene rings is 6. The molecule has 12 rings (SSSR count). The zero-order valence-electron chi connectivity index (χ0n) is 53.2. The van der Waals surface area contributed by atoms with Gasteiger partial charge in [0.15, 0.2) is 0 Å². The van der Waals surface area contributed by atoms with E-state index in [1.54, 1.807) is 50.2 Å². The number of halogens is 16. The van der Waals surface area contributed by atoms with Gasteiger partial charge in [0.25, 0.3) is 0 Å². The Morgan fingerprint density at radius 3 is 0.740 bits per heavy atom. The lowest BCUT2D eigenvalue weighted by Gasteiger charge is -2.39. The number of para-hydroxylation sites is 4. The summed E-state index contributed by atoms with van der Waals surface area (Å²) in [6.07, 6.45) is -16.7. The second kappa shape index (κ2) is 29.1. The van der Waals surface area contributed by atoms with Crippen LogP contribution in [-0.2, 0) is 12.4 Å². The van der Waals surface area contributed by atoms with Crippen LogP contribution in [0, 0.1) is 0 Å². The zero-order valence-corrected chi connectivity index (χ0v) is 53.2. The molecule has 0 spiro atoms. The Bertz CT molecular complexity index is 3370. The Balaban J connectivity index is 0.000000163. The van der Waals surface area contributed by atoms with Gasteiger partial charge in [-0.25, -0.2) is 17.6 Å². The Kier molecular flexibility index (Phi) is 23.0. The van der Waals surface area contributed by atoms with Crippen LogP contribution in [0.2, 0.25) is 0 Å². The van der Waals surface area contributed by atoms with Crippen molar-refractivity contribution in [3.63, 3.8) is 0 Å². The van der Waals surface area contributed by atoms with Gasteiger partial charge in [-0.2, -0.15) is 52.7 Å². The molecular formula is C68H78F16N6O6. The third-order valence-electron chi connectivity index (χ3n) is 17.0. The molecule has 6 aromatic rings. The van der Waals surface area contributed by atoms with E-state index in [0.29, 0.717) is 46.6 Å². The first-order valence-electron chi connectivity index (χ1n) is 30.3. The van der Waals surface area contributed by atoms with Crippen molar-refractivity contribution in [3.8, 4) is 34.5 Å². The second-order valence-corrected chi connectivity index (χ2v) is 25.9. The Morgan fingerprint density at radius 1 is 0.302 bits per heavy atom. The number of nitrogens with two attached hydrogens (primary N) is 6. The summed E-state index contributed by atoms with van der Waals surface area (Å²) < 4.78 is 235. The number of fused-ring (bicyclic) bond motifs is 6. The molecule has 0 amide bonds. The Morgan fingerprint density at radius 2 is 0.510 bits per heavy atom. The molecule has 0 radical (unpaired) electrons. The van der Waals surface area contributed by atoms with Gasteiger partial charge in [-0.15, -0.1) is 0 Å². The van der Waals surface area contributed by atoms with Crippen molar-refractivity contribution in [1.82, 2.24) is 0 Å².